The first-order chi connectivity index (χ1) is 12.9. The van der Waals surface area contributed by atoms with Crippen molar-refractivity contribution in [2.75, 3.05) is 17.6 Å². The van der Waals surface area contributed by atoms with E-state index in [1.165, 1.54) is 5.56 Å². The Kier molecular flexibility index (Phi) is 5.49. The largest absolute Gasteiger partial charge is 0.399 e. The van der Waals surface area contributed by atoms with Crippen molar-refractivity contribution in [3.63, 3.8) is 0 Å². The third-order valence-corrected chi connectivity index (χ3v) is 5.54. The van der Waals surface area contributed by atoms with Crippen molar-refractivity contribution in [3.05, 3.63) is 59.2 Å². The number of hydrogen-bond donors (Lipinski definition) is 3. The zero-order valence-electron chi connectivity index (χ0n) is 16.0. The van der Waals surface area contributed by atoms with Crippen LogP contribution < -0.4 is 16.4 Å². The highest BCUT2D eigenvalue weighted by Gasteiger charge is 2.41. The van der Waals surface area contributed by atoms with E-state index < -0.39 is 5.41 Å². The van der Waals surface area contributed by atoms with E-state index in [9.17, 15) is 9.59 Å². The predicted octanol–water partition coefficient (Wildman–Crippen LogP) is 3.81. The Morgan fingerprint density at radius 1 is 1.04 bits per heavy atom. The van der Waals surface area contributed by atoms with Gasteiger partial charge >= 0.3 is 0 Å². The Labute approximate surface area is 160 Å². The topological polar surface area (TPSA) is 84.2 Å². The van der Waals surface area contributed by atoms with Crippen molar-refractivity contribution < 1.29 is 9.59 Å². The van der Waals surface area contributed by atoms with Gasteiger partial charge in [0.1, 0.15) is 0 Å². The number of benzene rings is 2. The van der Waals surface area contributed by atoms with Crippen LogP contribution in [0.4, 0.5) is 11.4 Å². The van der Waals surface area contributed by atoms with Crippen molar-refractivity contribution in [1.29, 1.82) is 0 Å². The first kappa shape index (κ1) is 19.0. The summed E-state index contributed by atoms with van der Waals surface area (Å²) in [6, 6.07) is 12.8. The smallest absolute Gasteiger partial charge is 0.251 e. The molecular formula is C22H27N3O2. The summed E-state index contributed by atoms with van der Waals surface area (Å²) in [5.74, 6) is -0.219. The third-order valence-electron chi connectivity index (χ3n) is 5.54. The Morgan fingerprint density at radius 2 is 1.78 bits per heavy atom. The average molecular weight is 365 g/mol. The van der Waals surface area contributed by atoms with E-state index in [1.807, 2.05) is 32.0 Å². The number of carbonyl (C=O) groups is 2. The molecule has 0 radical (unpaired) electrons. The van der Waals surface area contributed by atoms with Gasteiger partial charge in [0.15, 0.2) is 0 Å². The number of rotatable bonds is 5. The monoisotopic (exact) mass is 365 g/mol. The standard InChI is InChI=1S/C22H27N3O2/c1-15-8-9-19(12-16(15)2)25-21(27)22(10-3-4-11-22)14-24-20(26)17-6-5-7-18(23)13-17/h5-9,12-13H,3-4,10-11,14,23H2,1-2H3,(H,24,26)(H,25,27). The van der Waals surface area contributed by atoms with Crippen LogP contribution in [0, 0.1) is 19.3 Å². The molecule has 27 heavy (non-hydrogen) atoms. The minimum absolute atomic E-state index is 0.0175. The SMILES string of the molecule is Cc1ccc(NC(=O)C2(CNC(=O)c3cccc(N)c3)CCCC2)cc1C. The number of amides is 2. The van der Waals surface area contributed by atoms with Crippen LogP contribution in [0.2, 0.25) is 0 Å². The van der Waals surface area contributed by atoms with Gasteiger partial charge in [0.2, 0.25) is 5.91 Å². The lowest BCUT2D eigenvalue weighted by Gasteiger charge is -2.28. The highest BCUT2D eigenvalue weighted by atomic mass is 16.2. The Hall–Kier alpha value is -2.82. The lowest BCUT2D eigenvalue weighted by molar-refractivity contribution is -0.125. The quantitative estimate of drug-likeness (QED) is 0.704. The van der Waals surface area contributed by atoms with E-state index in [1.54, 1.807) is 24.3 Å². The summed E-state index contributed by atoms with van der Waals surface area (Å²) in [6.07, 6.45) is 3.55. The molecular weight excluding hydrogens is 338 g/mol. The summed E-state index contributed by atoms with van der Waals surface area (Å²) in [6.45, 7) is 4.41. The third kappa shape index (κ3) is 4.30. The molecule has 1 saturated carbocycles. The van der Waals surface area contributed by atoms with Gasteiger partial charge in [-0.1, -0.05) is 25.0 Å². The molecule has 0 aromatic heterocycles. The van der Waals surface area contributed by atoms with Gasteiger partial charge in [-0.25, -0.2) is 0 Å². The van der Waals surface area contributed by atoms with Gasteiger partial charge in [-0.2, -0.15) is 0 Å². The van der Waals surface area contributed by atoms with Gasteiger partial charge in [0.25, 0.3) is 5.91 Å². The van der Waals surface area contributed by atoms with Crippen LogP contribution in [0.1, 0.15) is 47.2 Å². The highest BCUT2D eigenvalue weighted by molar-refractivity contribution is 5.98. The maximum Gasteiger partial charge on any atom is 0.251 e. The van der Waals surface area contributed by atoms with Crippen LogP contribution >= 0.6 is 0 Å². The van der Waals surface area contributed by atoms with E-state index >= 15 is 0 Å². The maximum atomic E-state index is 13.1. The first-order valence-electron chi connectivity index (χ1n) is 9.42. The molecule has 0 bridgehead atoms. The average Bonchev–Trinajstić information content (AvgIpc) is 3.13. The van der Waals surface area contributed by atoms with Gasteiger partial charge in [-0.15, -0.1) is 0 Å². The zero-order valence-corrected chi connectivity index (χ0v) is 16.0. The fourth-order valence-corrected chi connectivity index (χ4v) is 3.65. The van der Waals surface area contributed by atoms with Crippen LogP contribution in [-0.2, 0) is 4.79 Å². The summed E-state index contributed by atoms with van der Waals surface area (Å²) >= 11 is 0. The van der Waals surface area contributed by atoms with Crippen LogP contribution in [0.5, 0.6) is 0 Å². The van der Waals surface area contributed by atoms with Crippen molar-refractivity contribution in [3.8, 4) is 0 Å². The van der Waals surface area contributed by atoms with Gasteiger partial charge < -0.3 is 16.4 Å². The first-order valence-corrected chi connectivity index (χ1v) is 9.42. The van der Waals surface area contributed by atoms with E-state index in [2.05, 4.69) is 10.6 Å². The van der Waals surface area contributed by atoms with Crippen LogP contribution in [0.15, 0.2) is 42.5 Å². The summed E-state index contributed by atoms with van der Waals surface area (Å²) in [4.78, 5) is 25.5. The molecule has 3 rings (SSSR count). The normalized spacial score (nSPS) is 15.3. The van der Waals surface area contributed by atoms with E-state index in [0.717, 1.165) is 36.9 Å². The molecule has 1 aliphatic carbocycles. The molecule has 0 unspecified atom stereocenters. The molecule has 0 saturated heterocycles. The maximum absolute atomic E-state index is 13.1. The lowest BCUT2D eigenvalue weighted by Crippen LogP contribution is -2.44. The van der Waals surface area contributed by atoms with Gasteiger partial charge in [-0.3, -0.25) is 9.59 Å². The van der Waals surface area contributed by atoms with E-state index in [4.69, 9.17) is 5.73 Å². The van der Waals surface area contributed by atoms with Gasteiger partial charge in [0.05, 0.1) is 5.41 Å². The summed E-state index contributed by atoms with van der Waals surface area (Å²) < 4.78 is 0. The fraction of sp³-hybridized carbons (Fsp3) is 0.364. The number of anilines is 2. The second kappa shape index (κ2) is 7.82. The van der Waals surface area contributed by atoms with Crippen molar-refractivity contribution in [1.82, 2.24) is 5.32 Å². The molecule has 2 aromatic rings. The minimum Gasteiger partial charge on any atom is -0.399 e. The van der Waals surface area contributed by atoms with Gasteiger partial charge in [-0.05, 0) is 68.1 Å². The van der Waals surface area contributed by atoms with E-state index in [-0.39, 0.29) is 11.8 Å². The van der Waals surface area contributed by atoms with Crippen molar-refractivity contribution >= 4 is 23.2 Å². The molecule has 1 fully saturated rings. The van der Waals surface area contributed by atoms with Crippen LogP contribution in [0.3, 0.4) is 0 Å². The molecule has 5 heteroatoms. The number of carbonyl (C=O) groups excluding carboxylic acids is 2. The molecule has 4 N–H and O–H groups in total. The molecule has 0 heterocycles. The fourth-order valence-electron chi connectivity index (χ4n) is 3.65. The number of nitrogens with one attached hydrogen (secondary N) is 2. The van der Waals surface area contributed by atoms with Crippen molar-refractivity contribution in [2.24, 2.45) is 5.41 Å². The minimum atomic E-state index is -0.561. The highest BCUT2D eigenvalue weighted by Crippen LogP contribution is 2.38. The van der Waals surface area contributed by atoms with E-state index in [0.29, 0.717) is 17.8 Å². The second-order valence-corrected chi connectivity index (χ2v) is 7.55. The number of nitrogens with two attached hydrogens (primary N) is 1. The number of hydrogen-bond acceptors (Lipinski definition) is 3. The number of aryl methyl sites for hydroxylation is 2. The number of nitrogen functional groups attached to an aromatic ring is 1. The molecule has 1 aliphatic rings. The Bertz CT molecular complexity index is 854. The molecule has 5 nitrogen and oxygen atoms in total. The summed E-state index contributed by atoms with van der Waals surface area (Å²) in [5.41, 5.74) is 9.39. The summed E-state index contributed by atoms with van der Waals surface area (Å²) in [7, 11) is 0. The molecule has 142 valence electrons. The zero-order chi connectivity index (χ0) is 19.4. The molecule has 0 atom stereocenters. The van der Waals surface area contributed by atoms with Gasteiger partial charge in [0, 0.05) is 23.5 Å². The molecule has 2 amide bonds. The summed E-state index contributed by atoms with van der Waals surface area (Å²) in [5, 5.41) is 6.00. The molecule has 0 spiro atoms. The molecule has 0 aliphatic heterocycles. The second-order valence-electron chi connectivity index (χ2n) is 7.55. The van der Waals surface area contributed by atoms with Crippen molar-refractivity contribution in [2.45, 2.75) is 39.5 Å². The van der Waals surface area contributed by atoms with Crippen LogP contribution in [0.25, 0.3) is 0 Å². The Morgan fingerprint density at radius 3 is 2.44 bits per heavy atom. The van der Waals surface area contributed by atoms with Crippen LogP contribution in [-0.4, -0.2) is 18.4 Å². The Balaban J connectivity index is 1.70. The molecule has 2 aromatic carbocycles. The lowest BCUT2D eigenvalue weighted by atomic mass is 9.84. The predicted molar refractivity (Wildman–Crippen MR) is 109 cm³/mol.